The molecule has 0 aromatic heterocycles. The lowest BCUT2D eigenvalue weighted by molar-refractivity contribution is -0.124. The Morgan fingerprint density at radius 1 is 0.917 bits per heavy atom. The van der Waals surface area contributed by atoms with Gasteiger partial charge in [0.05, 0.1) is 31.5 Å². The molecule has 1 aliphatic heterocycles. The molecule has 4 rings (SSSR count). The minimum atomic E-state index is -0.279. The summed E-state index contributed by atoms with van der Waals surface area (Å²) in [5, 5.41) is 0. The third-order valence-corrected chi connectivity index (χ3v) is 6.53. The van der Waals surface area contributed by atoms with Gasteiger partial charge in [0.25, 0.3) is 0 Å². The molecule has 0 bridgehead atoms. The largest absolute Gasteiger partial charge is 0.385 e. The van der Waals surface area contributed by atoms with Crippen molar-refractivity contribution in [2.75, 3.05) is 51.5 Å². The molecule has 0 radical (unpaired) electrons. The molecular weight excluding hydrogens is 452 g/mol. The fraction of sp³-hybridized carbons (Fsp3) is 0.367. The maximum atomic E-state index is 14.1. The molecule has 3 aromatic carbocycles. The monoisotopic (exact) mass is 488 g/mol. The van der Waals surface area contributed by atoms with Gasteiger partial charge in [0.1, 0.15) is 0 Å². The average Bonchev–Trinajstić information content (AvgIpc) is 2.94. The van der Waals surface area contributed by atoms with Gasteiger partial charge in [-0.15, -0.1) is 0 Å². The van der Waals surface area contributed by atoms with Crippen molar-refractivity contribution in [1.82, 2.24) is 4.90 Å². The Morgan fingerprint density at radius 3 is 2.31 bits per heavy atom. The smallest absolute Gasteiger partial charge is 0.248 e. The zero-order chi connectivity index (χ0) is 25.2. The number of carbonyl (C=O) groups excluding carboxylic acids is 1. The second-order valence-electron chi connectivity index (χ2n) is 8.94. The topological polar surface area (TPSA) is 51.2 Å². The van der Waals surface area contributed by atoms with Crippen LogP contribution in [0.25, 0.3) is 11.1 Å². The summed E-state index contributed by atoms with van der Waals surface area (Å²) in [6.45, 7) is 6.48. The van der Waals surface area contributed by atoms with Crippen LogP contribution in [-0.4, -0.2) is 63.5 Å². The van der Waals surface area contributed by atoms with Gasteiger partial charge in [-0.2, -0.15) is 0 Å². The van der Waals surface area contributed by atoms with Crippen molar-refractivity contribution < 1.29 is 19.0 Å². The predicted octanol–water partition coefficient (Wildman–Crippen LogP) is 5.29. The summed E-state index contributed by atoms with van der Waals surface area (Å²) in [4.78, 5) is 18.1. The number of nitrogens with zero attached hydrogens (tertiary/aromatic N) is 2. The first-order valence-corrected chi connectivity index (χ1v) is 12.6. The summed E-state index contributed by atoms with van der Waals surface area (Å²) in [6.07, 6.45) is 0.830. The third-order valence-electron chi connectivity index (χ3n) is 6.53. The van der Waals surface area contributed by atoms with E-state index in [1.54, 1.807) is 7.11 Å². The Balaban J connectivity index is 1.64. The van der Waals surface area contributed by atoms with Gasteiger partial charge in [0.2, 0.25) is 5.91 Å². The van der Waals surface area contributed by atoms with E-state index in [1.165, 1.54) is 0 Å². The molecule has 1 aliphatic rings. The van der Waals surface area contributed by atoms with Crippen LogP contribution in [0.4, 0.5) is 11.4 Å². The normalized spacial score (nSPS) is 14.9. The summed E-state index contributed by atoms with van der Waals surface area (Å²) >= 11 is 0. The molecule has 6 heteroatoms. The van der Waals surface area contributed by atoms with E-state index in [0.717, 1.165) is 47.6 Å². The van der Waals surface area contributed by atoms with Gasteiger partial charge in [-0.25, -0.2) is 0 Å². The summed E-state index contributed by atoms with van der Waals surface area (Å²) in [7, 11) is 1.69. The molecule has 1 unspecified atom stereocenters. The molecule has 1 saturated heterocycles. The Morgan fingerprint density at radius 2 is 1.58 bits per heavy atom. The number of morpholine rings is 1. The summed E-state index contributed by atoms with van der Waals surface area (Å²) in [6, 6.07) is 26.2. The van der Waals surface area contributed by atoms with Gasteiger partial charge in [0, 0.05) is 44.7 Å². The highest BCUT2D eigenvalue weighted by Crippen LogP contribution is 2.32. The molecule has 36 heavy (non-hydrogen) atoms. The first-order chi connectivity index (χ1) is 17.7. The van der Waals surface area contributed by atoms with Crippen LogP contribution in [0, 0.1) is 0 Å². The lowest BCUT2D eigenvalue weighted by Crippen LogP contribution is -2.50. The molecule has 6 nitrogen and oxygen atoms in total. The number of hydrogen-bond acceptors (Lipinski definition) is 5. The highest BCUT2D eigenvalue weighted by molar-refractivity contribution is 6.04. The van der Waals surface area contributed by atoms with Crippen molar-refractivity contribution in [2.45, 2.75) is 26.0 Å². The third kappa shape index (κ3) is 6.59. The van der Waals surface area contributed by atoms with Gasteiger partial charge in [-0.05, 0) is 42.7 Å². The van der Waals surface area contributed by atoms with Crippen molar-refractivity contribution in [1.29, 1.82) is 0 Å². The Hall–Kier alpha value is -3.03. The highest BCUT2D eigenvalue weighted by Gasteiger charge is 2.30. The van der Waals surface area contributed by atoms with Gasteiger partial charge < -0.3 is 14.2 Å². The average molecular weight is 489 g/mol. The number of para-hydroxylation sites is 1. The second kappa shape index (κ2) is 13.3. The number of rotatable bonds is 11. The second-order valence-corrected chi connectivity index (χ2v) is 8.94. The molecular formula is C30H36N2O4. The van der Waals surface area contributed by atoms with E-state index >= 15 is 0 Å². The van der Waals surface area contributed by atoms with Crippen molar-refractivity contribution in [2.24, 2.45) is 0 Å². The van der Waals surface area contributed by atoms with Crippen LogP contribution in [0.1, 0.15) is 18.9 Å². The Bertz CT molecular complexity index is 1080. The molecule has 0 aliphatic carbocycles. The van der Waals surface area contributed by atoms with Crippen molar-refractivity contribution >= 4 is 17.3 Å². The molecule has 1 fully saturated rings. The number of carbonyl (C=O) groups is 1. The summed E-state index contributed by atoms with van der Waals surface area (Å²) in [5.74, 6) is 0.0381. The van der Waals surface area contributed by atoms with Crippen LogP contribution in [0.15, 0.2) is 78.9 Å². The molecule has 3 aromatic rings. The number of amides is 1. The van der Waals surface area contributed by atoms with Crippen LogP contribution in [0.2, 0.25) is 0 Å². The Kier molecular flexibility index (Phi) is 9.64. The highest BCUT2D eigenvalue weighted by atomic mass is 16.5. The number of anilines is 2. The summed E-state index contributed by atoms with van der Waals surface area (Å²) in [5.41, 5.74) is 4.93. The predicted molar refractivity (Wildman–Crippen MR) is 143 cm³/mol. The lowest BCUT2D eigenvalue weighted by atomic mass is 10.0. The van der Waals surface area contributed by atoms with Crippen LogP contribution in [0.5, 0.6) is 0 Å². The molecule has 1 amide bonds. The molecule has 1 atom stereocenters. The maximum absolute atomic E-state index is 14.1. The van der Waals surface area contributed by atoms with Crippen LogP contribution < -0.4 is 4.90 Å². The van der Waals surface area contributed by atoms with E-state index in [0.29, 0.717) is 33.0 Å². The van der Waals surface area contributed by atoms with E-state index in [4.69, 9.17) is 14.2 Å². The van der Waals surface area contributed by atoms with E-state index in [1.807, 2.05) is 66.4 Å². The van der Waals surface area contributed by atoms with Crippen LogP contribution in [-0.2, 0) is 25.6 Å². The van der Waals surface area contributed by atoms with Crippen molar-refractivity contribution in [3.63, 3.8) is 0 Å². The molecule has 190 valence electrons. The van der Waals surface area contributed by atoms with Gasteiger partial charge in [-0.1, -0.05) is 60.7 Å². The van der Waals surface area contributed by atoms with Crippen LogP contribution in [0.3, 0.4) is 0 Å². The van der Waals surface area contributed by atoms with Gasteiger partial charge in [0.15, 0.2) is 0 Å². The van der Waals surface area contributed by atoms with E-state index < -0.39 is 0 Å². The van der Waals surface area contributed by atoms with Gasteiger partial charge in [-0.3, -0.25) is 14.6 Å². The number of methoxy groups -OCH3 is 1. The minimum Gasteiger partial charge on any atom is -0.385 e. The standard InChI is InChI=1S/C30H36N2O4/c1-24(31-17-21-35-22-18-31)30(33)32(28-15-13-26(14-16-28)25-9-4-3-5-10-25)29-12-7-6-11-27(29)23-36-20-8-19-34-2/h3-7,9-16,24H,8,17-23H2,1-2H3. The fourth-order valence-corrected chi connectivity index (χ4v) is 4.46. The zero-order valence-electron chi connectivity index (χ0n) is 21.3. The quantitative estimate of drug-likeness (QED) is 0.343. The maximum Gasteiger partial charge on any atom is 0.248 e. The minimum absolute atomic E-state index is 0.0381. The zero-order valence-corrected chi connectivity index (χ0v) is 21.3. The van der Waals surface area contributed by atoms with E-state index in [2.05, 4.69) is 29.2 Å². The molecule has 0 N–H and O–H groups in total. The molecule has 0 spiro atoms. The van der Waals surface area contributed by atoms with E-state index in [-0.39, 0.29) is 11.9 Å². The number of benzene rings is 3. The summed E-state index contributed by atoms with van der Waals surface area (Å²) < 4.78 is 16.6. The van der Waals surface area contributed by atoms with E-state index in [9.17, 15) is 4.79 Å². The van der Waals surface area contributed by atoms with Crippen molar-refractivity contribution in [3.8, 4) is 11.1 Å². The number of ether oxygens (including phenoxy) is 3. The lowest BCUT2D eigenvalue weighted by Gasteiger charge is -2.35. The van der Waals surface area contributed by atoms with Gasteiger partial charge >= 0.3 is 0 Å². The molecule has 0 saturated carbocycles. The first-order valence-electron chi connectivity index (χ1n) is 12.6. The van der Waals surface area contributed by atoms with Crippen molar-refractivity contribution in [3.05, 3.63) is 84.4 Å². The molecule has 1 heterocycles. The first kappa shape index (κ1) is 26.0. The number of hydrogen-bond donors (Lipinski definition) is 0. The fourth-order valence-electron chi connectivity index (χ4n) is 4.46. The Labute approximate surface area is 214 Å². The SMILES string of the molecule is COCCCOCc1ccccc1N(C(=O)C(C)N1CCOCC1)c1ccc(-c2ccccc2)cc1. The van der Waals surface area contributed by atoms with Crippen LogP contribution >= 0.6 is 0 Å².